The Morgan fingerprint density at radius 3 is 2.29 bits per heavy atom. The van der Waals surface area contributed by atoms with Gasteiger partial charge in [-0.1, -0.05) is 43.3 Å². The van der Waals surface area contributed by atoms with E-state index >= 15 is 0 Å². The molecule has 2 nitrogen and oxygen atoms in total. The highest BCUT2D eigenvalue weighted by Gasteiger charge is 2.14. The number of benzene rings is 2. The van der Waals surface area contributed by atoms with E-state index in [0.717, 1.165) is 18.7 Å². The van der Waals surface area contributed by atoms with E-state index in [1.54, 1.807) is 7.11 Å². The summed E-state index contributed by atoms with van der Waals surface area (Å²) in [4.78, 5) is 0. The Morgan fingerprint density at radius 2 is 1.67 bits per heavy atom. The zero-order valence-electron chi connectivity index (χ0n) is 13.4. The monoisotopic (exact) mass is 283 g/mol. The lowest BCUT2D eigenvalue weighted by atomic mass is 10.00. The third-order valence-corrected chi connectivity index (χ3v) is 4.09. The zero-order valence-corrected chi connectivity index (χ0v) is 13.4. The van der Waals surface area contributed by atoms with E-state index in [0.29, 0.717) is 6.04 Å². The van der Waals surface area contributed by atoms with Gasteiger partial charge < -0.3 is 10.1 Å². The van der Waals surface area contributed by atoms with E-state index < -0.39 is 0 Å². The standard InChI is InChI=1S/C19H25NO/c1-5-18(16-11-6-7-12-19(16)21-4)20-13-17-14(2)9-8-10-15(17)3/h6-12,18,20H,5,13H2,1-4H3. The molecule has 0 radical (unpaired) electrons. The fourth-order valence-corrected chi connectivity index (χ4v) is 2.78. The molecule has 0 aliphatic rings. The van der Waals surface area contributed by atoms with Gasteiger partial charge in [0.2, 0.25) is 0 Å². The highest BCUT2D eigenvalue weighted by atomic mass is 16.5. The summed E-state index contributed by atoms with van der Waals surface area (Å²) in [7, 11) is 1.73. The number of hydrogen-bond acceptors (Lipinski definition) is 2. The van der Waals surface area contributed by atoms with Crippen LogP contribution in [0.3, 0.4) is 0 Å². The van der Waals surface area contributed by atoms with Gasteiger partial charge in [-0.15, -0.1) is 0 Å². The number of ether oxygens (including phenoxy) is 1. The van der Waals surface area contributed by atoms with Crippen molar-refractivity contribution in [3.63, 3.8) is 0 Å². The molecule has 0 aliphatic heterocycles. The van der Waals surface area contributed by atoms with Crippen LogP contribution in [0.2, 0.25) is 0 Å². The van der Waals surface area contributed by atoms with E-state index in [-0.39, 0.29) is 0 Å². The minimum atomic E-state index is 0.306. The SMILES string of the molecule is CCC(NCc1c(C)cccc1C)c1ccccc1OC. The molecule has 1 atom stereocenters. The van der Waals surface area contributed by atoms with Crippen LogP contribution in [0.25, 0.3) is 0 Å². The summed E-state index contributed by atoms with van der Waals surface area (Å²) in [5, 5.41) is 3.68. The van der Waals surface area contributed by atoms with Gasteiger partial charge in [0, 0.05) is 18.2 Å². The lowest BCUT2D eigenvalue weighted by Crippen LogP contribution is -2.21. The first kappa shape index (κ1) is 15.6. The second-order valence-corrected chi connectivity index (χ2v) is 5.45. The van der Waals surface area contributed by atoms with E-state index in [2.05, 4.69) is 56.4 Å². The van der Waals surface area contributed by atoms with Gasteiger partial charge in [-0.2, -0.15) is 0 Å². The summed E-state index contributed by atoms with van der Waals surface area (Å²) in [6.45, 7) is 7.44. The maximum atomic E-state index is 5.49. The molecule has 21 heavy (non-hydrogen) atoms. The maximum absolute atomic E-state index is 5.49. The minimum absolute atomic E-state index is 0.306. The lowest BCUT2D eigenvalue weighted by molar-refractivity contribution is 0.396. The van der Waals surface area contributed by atoms with Crippen molar-refractivity contribution in [2.75, 3.05) is 7.11 Å². The summed E-state index contributed by atoms with van der Waals surface area (Å²) < 4.78 is 5.49. The summed E-state index contributed by atoms with van der Waals surface area (Å²) in [5.74, 6) is 0.957. The number of hydrogen-bond donors (Lipinski definition) is 1. The van der Waals surface area contributed by atoms with Gasteiger partial charge in [0.25, 0.3) is 0 Å². The molecule has 0 amide bonds. The van der Waals surface area contributed by atoms with Crippen LogP contribution in [-0.2, 0) is 6.54 Å². The molecular weight excluding hydrogens is 258 g/mol. The zero-order chi connectivity index (χ0) is 15.2. The van der Waals surface area contributed by atoms with Gasteiger partial charge in [0.1, 0.15) is 5.75 Å². The van der Waals surface area contributed by atoms with Gasteiger partial charge >= 0.3 is 0 Å². The molecule has 0 saturated carbocycles. The Hall–Kier alpha value is -1.80. The van der Waals surface area contributed by atoms with Crippen molar-refractivity contribution in [2.24, 2.45) is 0 Å². The lowest BCUT2D eigenvalue weighted by Gasteiger charge is -2.21. The second kappa shape index (κ2) is 7.28. The maximum Gasteiger partial charge on any atom is 0.123 e. The molecule has 0 fully saturated rings. The highest BCUT2D eigenvalue weighted by Crippen LogP contribution is 2.27. The van der Waals surface area contributed by atoms with Crippen LogP contribution in [0, 0.1) is 13.8 Å². The molecule has 0 spiro atoms. The molecule has 2 aromatic carbocycles. The molecule has 0 aromatic heterocycles. The van der Waals surface area contributed by atoms with Crippen LogP contribution in [-0.4, -0.2) is 7.11 Å². The molecule has 112 valence electrons. The topological polar surface area (TPSA) is 21.3 Å². The Kier molecular flexibility index (Phi) is 5.40. The average molecular weight is 283 g/mol. The molecule has 0 saturated heterocycles. The summed E-state index contributed by atoms with van der Waals surface area (Å²) in [5.41, 5.74) is 5.31. The summed E-state index contributed by atoms with van der Waals surface area (Å²) in [6, 6.07) is 15.0. The first-order valence-electron chi connectivity index (χ1n) is 7.58. The first-order chi connectivity index (χ1) is 10.2. The number of aryl methyl sites for hydroxylation is 2. The van der Waals surface area contributed by atoms with Crippen molar-refractivity contribution in [3.05, 3.63) is 64.7 Å². The van der Waals surface area contributed by atoms with Gasteiger partial charge in [0.05, 0.1) is 7.11 Å². The minimum Gasteiger partial charge on any atom is -0.496 e. The van der Waals surface area contributed by atoms with E-state index in [1.807, 2.05) is 12.1 Å². The average Bonchev–Trinajstić information content (AvgIpc) is 2.50. The van der Waals surface area contributed by atoms with Crippen LogP contribution in [0.1, 0.15) is 41.6 Å². The van der Waals surface area contributed by atoms with E-state index in [4.69, 9.17) is 4.74 Å². The first-order valence-corrected chi connectivity index (χ1v) is 7.58. The third kappa shape index (κ3) is 3.64. The largest absolute Gasteiger partial charge is 0.496 e. The number of para-hydroxylation sites is 1. The predicted molar refractivity (Wildman–Crippen MR) is 88.8 cm³/mol. The van der Waals surface area contributed by atoms with Crippen molar-refractivity contribution in [1.82, 2.24) is 5.32 Å². The van der Waals surface area contributed by atoms with Crippen LogP contribution >= 0.6 is 0 Å². The molecule has 0 bridgehead atoms. The van der Waals surface area contributed by atoms with Crippen LogP contribution in [0.5, 0.6) is 5.75 Å². The van der Waals surface area contributed by atoms with E-state index in [9.17, 15) is 0 Å². The van der Waals surface area contributed by atoms with Crippen LogP contribution in [0.15, 0.2) is 42.5 Å². The van der Waals surface area contributed by atoms with Crippen LogP contribution in [0.4, 0.5) is 0 Å². The van der Waals surface area contributed by atoms with Gasteiger partial charge in [0.15, 0.2) is 0 Å². The van der Waals surface area contributed by atoms with E-state index in [1.165, 1.54) is 22.3 Å². The smallest absolute Gasteiger partial charge is 0.123 e. The van der Waals surface area contributed by atoms with Crippen molar-refractivity contribution in [2.45, 2.75) is 39.8 Å². The Morgan fingerprint density at radius 1 is 1.00 bits per heavy atom. The Labute approximate surface area is 128 Å². The van der Waals surface area contributed by atoms with Crippen molar-refractivity contribution in [3.8, 4) is 5.75 Å². The van der Waals surface area contributed by atoms with Gasteiger partial charge in [-0.3, -0.25) is 0 Å². The molecule has 2 aromatic rings. The quantitative estimate of drug-likeness (QED) is 0.839. The molecule has 0 heterocycles. The second-order valence-electron chi connectivity index (χ2n) is 5.45. The van der Waals surface area contributed by atoms with Crippen molar-refractivity contribution in [1.29, 1.82) is 0 Å². The normalized spacial score (nSPS) is 12.2. The third-order valence-electron chi connectivity index (χ3n) is 4.09. The predicted octanol–water partition coefficient (Wildman–Crippen LogP) is 4.55. The van der Waals surface area contributed by atoms with Crippen molar-refractivity contribution < 1.29 is 4.74 Å². The number of nitrogens with one attached hydrogen (secondary N) is 1. The number of methoxy groups -OCH3 is 1. The fourth-order valence-electron chi connectivity index (χ4n) is 2.78. The summed E-state index contributed by atoms with van der Waals surface area (Å²) >= 11 is 0. The molecule has 2 heteroatoms. The van der Waals surface area contributed by atoms with Gasteiger partial charge in [-0.25, -0.2) is 0 Å². The molecule has 1 unspecified atom stereocenters. The summed E-state index contributed by atoms with van der Waals surface area (Å²) in [6.07, 6.45) is 1.03. The molecule has 0 aliphatic carbocycles. The fraction of sp³-hybridized carbons (Fsp3) is 0.368. The van der Waals surface area contributed by atoms with Crippen LogP contribution < -0.4 is 10.1 Å². The molecular formula is C19H25NO. The Balaban J connectivity index is 2.17. The molecule has 2 rings (SSSR count). The Bertz CT molecular complexity index is 572. The molecule has 1 N–H and O–H groups in total. The van der Waals surface area contributed by atoms with Crippen molar-refractivity contribution >= 4 is 0 Å². The highest BCUT2D eigenvalue weighted by molar-refractivity contribution is 5.37. The number of rotatable bonds is 6. The van der Waals surface area contributed by atoms with Gasteiger partial charge in [-0.05, 0) is 43.0 Å².